The molecule has 0 atom stereocenters. The number of hydrogen-bond acceptors (Lipinski definition) is 2. The largest absolute Gasteiger partial charge is 0.490 e. The first-order valence-corrected chi connectivity index (χ1v) is 5.17. The van der Waals surface area contributed by atoms with E-state index in [-0.39, 0.29) is 0 Å². The molecule has 0 aliphatic heterocycles. The summed E-state index contributed by atoms with van der Waals surface area (Å²) < 4.78 is 7.38. The molecule has 0 unspecified atom stereocenters. The molecule has 0 radical (unpaired) electrons. The van der Waals surface area contributed by atoms with Crippen molar-refractivity contribution < 1.29 is 9.30 Å². The molecule has 0 aliphatic rings. The Morgan fingerprint density at radius 1 is 1.12 bits per heavy atom. The molecule has 1 aromatic carbocycles. The standard InChI is InChI=1S/C13H15N2O/c1-14-11-6-7-13(16-2)12(10-11)15-8-4-3-5-9-15/h3-10,14H,1-2H3/q+1. The molecule has 82 valence electrons. The third-order valence-electron chi connectivity index (χ3n) is 2.46. The predicted molar refractivity (Wildman–Crippen MR) is 64.1 cm³/mol. The number of nitrogens with zero attached hydrogens (tertiary/aromatic N) is 1. The molecule has 0 amide bonds. The molecule has 0 saturated carbocycles. The van der Waals surface area contributed by atoms with Gasteiger partial charge in [0.15, 0.2) is 18.1 Å². The monoisotopic (exact) mass is 215 g/mol. The summed E-state index contributed by atoms with van der Waals surface area (Å²) in [6.45, 7) is 0. The topological polar surface area (TPSA) is 25.1 Å². The van der Waals surface area contributed by atoms with Crippen LogP contribution in [0.2, 0.25) is 0 Å². The van der Waals surface area contributed by atoms with Crippen LogP contribution >= 0.6 is 0 Å². The van der Waals surface area contributed by atoms with Crippen molar-refractivity contribution in [3.05, 3.63) is 48.8 Å². The second-order valence-electron chi connectivity index (χ2n) is 3.42. The molecule has 1 aromatic heterocycles. The summed E-state index contributed by atoms with van der Waals surface area (Å²) in [7, 11) is 3.59. The van der Waals surface area contributed by atoms with Gasteiger partial charge in [0.2, 0.25) is 0 Å². The zero-order valence-electron chi connectivity index (χ0n) is 9.47. The zero-order chi connectivity index (χ0) is 11.4. The van der Waals surface area contributed by atoms with E-state index in [4.69, 9.17) is 4.74 Å². The molecule has 2 rings (SSSR count). The van der Waals surface area contributed by atoms with E-state index < -0.39 is 0 Å². The van der Waals surface area contributed by atoms with Gasteiger partial charge in [-0.2, -0.15) is 4.57 Å². The fraction of sp³-hybridized carbons (Fsp3) is 0.154. The average Bonchev–Trinajstić information content (AvgIpc) is 2.39. The van der Waals surface area contributed by atoms with E-state index in [1.165, 1.54) is 0 Å². The maximum Gasteiger partial charge on any atom is 0.254 e. The van der Waals surface area contributed by atoms with E-state index in [1.807, 2.05) is 54.3 Å². The summed E-state index contributed by atoms with van der Waals surface area (Å²) >= 11 is 0. The lowest BCUT2D eigenvalue weighted by Gasteiger charge is -2.05. The van der Waals surface area contributed by atoms with Crippen LogP contribution in [0.15, 0.2) is 48.8 Å². The Hall–Kier alpha value is -2.03. The van der Waals surface area contributed by atoms with Crippen molar-refractivity contribution >= 4 is 5.69 Å². The molecule has 1 N–H and O–H groups in total. The minimum Gasteiger partial charge on any atom is -0.490 e. The van der Waals surface area contributed by atoms with Crippen LogP contribution in [0.5, 0.6) is 5.75 Å². The smallest absolute Gasteiger partial charge is 0.254 e. The van der Waals surface area contributed by atoms with Crippen molar-refractivity contribution in [2.24, 2.45) is 0 Å². The number of anilines is 1. The molecule has 0 fully saturated rings. The molecule has 3 nitrogen and oxygen atoms in total. The Bertz CT molecular complexity index is 469. The second kappa shape index (κ2) is 4.66. The Kier molecular flexibility index (Phi) is 3.05. The van der Waals surface area contributed by atoms with Crippen LogP contribution < -0.4 is 14.6 Å². The molecule has 0 bridgehead atoms. The van der Waals surface area contributed by atoms with Crippen LogP contribution in [0.1, 0.15) is 0 Å². The Morgan fingerprint density at radius 2 is 1.88 bits per heavy atom. The molecule has 2 aromatic rings. The van der Waals surface area contributed by atoms with Gasteiger partial charge in [-0.3, -0.25) is 0 Å². The lowest BCUT2D eigenvalue weighted by molar-refractivity contribution is -0.596. The summed E-state index contributed by atoms with van der Waals surface area (Å²) in [5.74, 6) is 0.857. The van der Waals surface area contributed by atoms with E-state index in [0.717, 1.165) is 17.1 Å². The highest BCUT2D eigenvalue weighted by Crippen LogP contribution is 2.21. The highest BCUT2D eigenvalue weighted by Gasteiger charge is 2.12. The summed E-state index contributed by atoms with van der Waals surface area (Å²) in [5.41, 5.74) is 2.09. The van der Waals surface area contributed by atoms with E-state index in [9.17, 15) is 0 Å². The van der Waals surface area contributed by atoms with Gasteiger partial charge in [-0.15, -0.1) is 0 Å². The van der Waals surface area contributed by atoms with E-state index in [0.29, 0.717) is 0 Å². The fourth-order valence-corrected chi connectivity index (χ4v) is 1.61. The van der Waals surface area contributed by atoms with Crippen LogP contribution in [-0.2, 0) is 0 Å². The molecular formula is C13H15N2O+. The quantitative estimate of drug-likeness (QED) is 0.792. The minimum atomic E-state index is 0.857. The zero-order valence-corrected chi connectivity index (χ0v) is 9.47. The van der Waals surface area contributed by atoms with Gasteiger partial charge in [-0.05, 0) is 12.1 Å². The highest BCUT2D eigenvalue weighted by atomic mass is 16.5. The predicted octanol–water partition coefficient (Wildman–Crippen LogP) is 2.01. The lowest BCUT2D eigenvalue weighted by Crippen LogP contribution is -2.29. The van der Waals surface area contributed by atoms with Gasteiger partial charge in [0, 0.05) is 30.9 Å². The molecule has 0 aliphatic carbocycles. The van der Waals surface area contributed by atoms with Crippen molar-refractivity contribution in [1.29, 1.82) is 0 Å². The first-order valence-electron chi connectivity index (χ1n) is 5.17. The number of ether oxygens (including phenoxy) is 1. The van der Waals surface area contributed by atoms with Gasteiger partial charge in [0.05, 0.1) is 7.11 Å². The second-order valence-corrected chi connectivity index (χ2v) is 3.42. The van der Waals surface area contributed by atoms with E-state index in [1.54, 1.807) is 7.11 Å². The summed E-state index contributed by atoms with van der Waals surface area (Å²) in [6, 6.07) is 12.0. The molecule has 3 heteroatoms. The number of hydrogen-bond donors (Lipinski definition) is 1. The van der Waals surface area contributed by atoms with Gasteiger partial charge in [0.1, 0.15) is 0 Å². The van der Waals surface area contributed by atoms with E-state index in [2.05, 4.69) is 11.4 Å². The third-order valence-corrected chi connectivity index (χ3v) is 2.46. The van der Waals surface area contributed by atoms with Gasteiger partial charge in [-0.1, -0.05) is 6.07 Å². The fourth-order valence-electron chi connectivity index (χ4n) is 1.61. The van der Waals surface area contributed by atoms with Crippen molar-refractivity contribution in [2.75, 3.05) is 19.5 Å². The Labute approximate surface area is 95.3 Å². The Morgan fingerprint density at radius 3 is 2.50 bits per heavy atom. The van der Waals surface area contributed by atoms with Crippen molar-refractivity contribution in [2.45, 2.75) is 0 Å². The van der Waals surface area contributed by atoms with Crippen LogP contribution in [0.3, 0.4) is 0 Å². The summed E-state index contributed by atoms with van der Waals surface area (Å²) in [5, 5.41) is 3.12. The molecule has 1 heterocycles. The minimum absolute atomic E-state index is 0.857. The SMILES string of the molecule is CNc1ccc(OC)c(-[n+]2ccccc2)c1. The number of rotatable bonds is 3. The Balaban J connectivity index is 2.53. The first-order chi connectivity index (χ1) is 7.85. The molecule has 0 saturated heterocycles. The number of nitrogens with one attached hydrogen (secondary N) is 1. The molecule has 16 heavy (non-hydrogen) atoms. The number of aromatic nitrogens is 1. The van der Waals surface area contributed by atoms with Crippen molar-refractivity contribution in [3.8, 4) is 11.4 Å². The average molecular weight is 215 g/mol. The van der Waals surface area contributed by atoms with Gasteiger partial charge in [-0.25, -0.2) is 0 Å². The molecular weight excluding hydrogens is 200 g/mol. The maximum atomic E-state index is 5.35. The van der Waals surface area contributed by atoms with Crippen LogP contribution in [0.25, 0.3) is 5.69 Å². The third kappa shape index (κ3) is 1.98. The number of methoxy groups -OCH3 is 1. The van der Waals surface area contributed by atoms with Crippen LogP contribution in [-0.4, -0.2) is 14.2 Å². The van der Waals surface area contributed by atoms with Crippen LogP contribution in [0.4, 0.5) is 5.69 Å². The maximum absolute atomic E-state index is 5.35. The van der Waals surface area contributed by atoms with Gasteiger partial charge < -0.3 is 10.1 Å². The first kappa shape index (κ1) is 10.5. The molecule has 0 spiro atoms. The summed E-state index contributed by atoms with van der Waals surface area (Å²) in [6.07, 6.45) is 3.99. The lowest BCUT2D eigenvalue weighted by atomic mass is 10.2. The van der Waals surface area contributed by atoms with Gasteiger partial charge >= 0.3 is 0 Å². The van der Waals surface area contributed by atoms with Crippen molar-refractivity contribution in [3.63, 3.8) is 0 Å². The summed E-state index contributed by atoms with van der Waals surface area (Å²) in [4.78, 5) is 0. The van der Waals surface area contributed by atoms with E-state index >= 15 is 0 Å². The highest BCUT2D eigenvalue weighted by molar-refractivity contribution is 5.54. The van der Waals surface area contributed by atoms with Crippen molar-refractivity contribution in [1.82, 2.24) is 0 Å². The number of benzene rings is 1. The van der Waals surface area contributed by atoms with Gasteiger partial charge in [0.25, 0.3) is 5.69 Å². The normalized spacial score (nSPS) is 9.88. The van der Waals surface area contributed by atoms with Crippen LogP contribution in [0, 0.1) is 0 Å². The number of pyridine rings is 1.